The molecule has 1 aliphatic rings. The fourth-order valence-corrected chi connectivity index (χ4v) is 2.95. The van der Waals surface area contributed by atoms with Gasteiger partial charge in [-0.25, -0.2) is 4.79 Å². The van der Waals surface area contributed by atoms with Crippen molar-refractivity contribution in [1.29, 1.82) is 0 Å². The van der Waals surface area contributed by atoms with Crippen LogP contribution in [-0.2, 0) is 14.3 Å². The summed E-state index contributed by atoms with van der Waals surface area (Å²) in [4.78, 5) is 25.9. The van der Waals surface area contributed by atoms with Crippen molar-refractivity contribution < 1.29 is 19.1 Å². The lowest BCUT2D eigenvalue weighted by Crippen LogP contribution is -2.48. The molecule has 5 heteroatoms. The van der Waals surface area contributed by atoms with E-state index >= 15 is 0 Å². The van der Waals surface area contributed by atoms with E-state index in [4.69, 9.17) is 9.47 Å². The van der Waals surface area contributed by atoms with Crippen molar-refractivity contribution in [2.45, 2.75) is 31.2 Å². The van der Waals surface area contributed by atoms with E-state index in [-0.39, 0.29) is 18.1 Å². The standard InChI is InChI=1S/C16H21NO4/c1-20-15(18)14(12-8-4-3-5-9-12)13-10-6-7-11-17(13)16(19)21-2/h3-5,8-9,13-14H,6-7,10-11H2,1-2H3/t13-,14-/m0/s1. The van der Waals surface area contributed by atoms with Gasteiger partial charge in [-0.2, -0.15) is 0 Å². The maximum absolute atomic E-state index is 12.3. The van der Waals surface area contributed by atoms with Crippen LogP contribution in [0.5, 0.6) is 0 Å². The minimum atomic E-state index is -0.476. The Labute approximate surface area is 124 Å². The molecule has 114 valence electrons. The number of nitrogens with zero attached hydrogens (tertiary/aromatic N) is 1. The lowest BCUT2D eigenvalue weighted by Gasteiger charge is -2.38. The normalized spacial score (nSPS) is 19.7. The molecule has 0 unspecified atom stereocenters. The second-order valence-electron chi connectivity index (χ2n) is 5.14. The fourth-order valence-electron chi connectivity index (χ4n) is 2.95. The number of amides is 1. The van der Waals surface area contributed by atoms with Crippen LogP contribution in [0.1, 0.15) is 30.7 Å². The Balaban J connectivity index is 2.34. The zero-order chi connectivity index (χ0) is 15.2. The number of ether oxygens (including phenoxy) is 2. The Hall–Kier alpha value is -2.04. The van der Waals surface area contributed by atoms with Gasteiger partial charge in [0.15, 0.2) is 0 Å². The van der Waals surface area contributed by atoms with Crippen LogP contribution in [0.15, 0.2) is 30.3 Å². The molecule has 1 saturated heterocycles. The molecular formula is C16H21NO4. The molecule has 21 heavy (non-hydrogen) atoms. The van der Waals surface area contributed by atoms with Gasteiger partial charge in [-0.05, 0) is 24.8 Å². The van der Waals surface area contributed by atoms with Crippen molar-refractivity contribution in [3.63, 3.8) is 0 Å². The molecule has 1 aromatic rings. The molecule has 1 aliphatic heterocycles. The molecule has 0 aliphatic carbocycles. The van der Waals surface area contributed by atoms with E-state index in [1.54, 1.807) is 4.90 Å². The van der Waals surface area contributed by atoms with Crippen LogP contribution in [0.25, 0.3) is 0 Å². The summed E-state index contributed by atoms with van der Waals surface area (Å²) in [6, 6.07) is 9.24. The number of likely N-dealkylation sites (tertiary alicyclic amines) is 1. The third-order valence-electron chi connectivity index (χ3n) is 3.96. The van der Waals surface area contributed by atoms with Gasteiger partial charge in [0.05, 0.1) is 20.3 Å². The first-order valence-electron chi connectivity index (χ1n) is 7.16. The van der Waals surface area contributed by atoms with Crippen LogP contribution in [0.2, 0.25) is 0 Å². The number of methoxy groups -OCH3 is 2. The quantitative estimate of drug-likeness (QED) is 0.803. The third-order valence-corrected chi connectivity index (χ3v) is 3.96. The second kappa shape index (κ2) is 7.11. The Kier molecular flexibility index (Phi) is 5.20. The van der Waals surface area contributed by atoms with Gasteiger partial charge < -0.3 is 14.4 Å². The number of hydrogen-bond donors (Lipinski definition) is 0. The predicted molar refractivity (Wildman–Crippen MR) is 77.9 cm³/mol. The maximum atomic E-state index is 12.3. The molecule has 1 amide bonds. The topological polar surface area (TPSA) is 55.8 Å². The van der Waals surface area contributed by atoms with Crippen LogP contribution < -0.4 is 0 Å². The molecule has 0 aromatic heterocycles. The van der Waals surface area contributed by atoms with Crippen molar-refractivity contribution in [3.05, 3.63) is 35.9 Å². The molecule has 0 saturated carbocycles. The summed E-state index contributed by atoms with van der Waals surface area (Å²) >= 11 is 0. The molecule has 0 N–H and O–H groups in total. The summed E-state index contributed by atoms with van der Waals surface area (Å²) in [5, 5.41) is 0. The number of rotatable bonds is 3. The highest BCUT2D eigenvalue weighted by Crippen LogP contribution is 2.32. The van der Waals surface area contributed by atoms with E-state index in [2.05, 4.69) is 0 Å². The first kappa shape index (κ1) is 15.4. The smallest absolute Gasteiger partial charge is 0.409 e. The van der Waals surface area contributed by atoms with Crippen molar-refractivity contribution >= 4 is 12.1 Å². The van der Waals surface area contributed by atoms with E-state index in [1.165, 1.54) is 14.2 Å². The first-order chi connectivity index (χ1) is 10.2. The SMILES string of the molecule is COC(=O)[C@@H](c1ccccc1)[C@@H]1CCCCN1C(=O)OC. The van der Waals surface area contributed by atoms with E-state index < -0.39 is 5.92 Å². The number of carbonyl (C=O) groups is 2. The molecule has 1 heterocycles. The van der Waals surface area contributed by atoms with Gasteiger partial charge in [-0.15, -0.1) is 0 Å². The molecular weight excluding hydrogens is 270 g/mol. The third kappa shape index (κ3) is 3.35. The minimum absolute atomic E-state index is 0.221. The molecule has 2 rings (SSSR count). The molecule has 0 bridgehead atoms. The molecule has 0 spiro atoms. The second-order valence-corrected chi connectivity index (χ2v) is 5.14. The summed E-state index contributed by atoms with van der Waals surface area (Å²) in [5.41, 5.74) is 0.866. The summed E-state index contributed by atoms with van der Waals surface area (Å²) in [6.45, 7) is 0.609. The fraction of sp³-hybridized carbons (Fsp3) is 0.500. The average molecular weight is 291 g/mol. The monoisotopic (exact) mass is 291 g/mol. The van der Waals surface area contributed by atoms with Gasteiger partial charge in [0.2, 0.25) is 0 Å². The highest BCUT2D eigenvalue weighted by Gasteiger charge is 2.38. The lowest BCUT2D eigenvalue weighted by atomic mass is 9.85. The molecule has 5 nitrogen and oxygen atoms in total. The number of carbonyl (C=O) groups excluding carboxylic acids is 2. The van der Waals surface area contributed by atoms with Crippen LogP contribution >= 0.6 is 0 Å². The molecule has 2 atom stereocenters. The first-order valence-corrected chi connectivity index (χ1v) is 7.16. The van der Waals surface area contributed by atoms with Gasteiger partial charge in [0.1, 0.15) is 5.92 Å². The Bertz CT molecular complexity index is 488. The summed E-state index contributed by atoms with van der Waals surface area (Å²) in [5.74, 6) is -0.794. The number of benzene rings is 1. The van der Waals surface area contributed by atoms with Crippen molar-refractivity contribution in [2.24, 2.45) is 0 Å². The van der Waals surface area contributed by atoms with Gasteiger partial charge in [-0.1, -0.05) is 30.3 Å². The maximum Gasteiger partial charge on any atom is 0.409 e. The Morgan fingerprint density at radius 2 is 1.86 bits per heavy atom. The van der Waals surface area contributed by atoms with Crippen LogP contribution in [0, 0.1) is 0 Å². The highest BCUT2D eigenvalue weighted by molar-refractivity contribution is 5.80. The molecule has 0 radical (unpaired) electrons. The van der Waals surface area contributed by atoms with Crippen LogP contribution in [-0.4, -0.2) is 43.8 Å². The number of piperidine rings is 1. The van der Waals surface area contributed by atoms with Crippen molar-refractivity contribution in [1.82, 2.24) is 4.90 Å². The Morgan fingerprint density at radius 1 is 1.14 bits per heavy atom. The number of hydrogen-bond acceptors (Lipinski definition) is 4. The summed E-state index contributed by atoms with van der Waals surface area (Å²) in [7, 11) is 2.74. The van der Waals surface area contributed by atoms with E-state index in [1.807, 2.05) is 30.3 Å². The number of esters is 1. The largest absolute Gasteiger partial charge is 0.468 e. The van der Waals surface area contributed by atoms with Crippen LogP contribution in [0.3, 0.4) is 0 Å². The van der Waals surface area contributed by atoms with E-state index in [9.17, 15) is 9.59 Å². The zero-order valence-electron chi connectivity index (χ0n) is 12.5. The summed E-state index contributed by atoms with van der Waals surface area (Å²) in [6.07, 6.45) is 2.29. The highest BCUT2D eigenvalue weighted by atomic mass is 16.5. The zero-order valence-corrected chi connectivity index (χ0v) is 12.5. The van der Waals surface area contributed by atoms with E-state index in [0.29, 0.717) is 6.54 Å². The van der Waals surface area contributed by atoms with Gasteiger partial charge in [-0.3, -0.25) is 4.79 Å². The predicted octanol–water partition coefficient (Wildman–Crippen LogP) is 2.56. The van der Waals surface area contributed by atoms with Crippen molar-refractivity contribution in [3.8, 4) is 0 Å². The van der Waals surface area contributed by atoms with E-state index in [0.717, 1.165) is 24.8 Å². The van der Waals surface area contributed by atoms with Gasteiger partial charge in [0, 0.05) is 6.54 Å². The average Bonchev–Trinajstić information content (AvgIpc) is 2.55. The van der Waals surface area contributed by atoms with Crippen molar-refractivity contribution in [2.75, 3.05) is 20.8 Å². The van der Waals surface area contributed by atoms with Gasteiger partial charge in [0.25, 0.3) is 0 Å². The van der Waals surface area contributed by atoms with Gasteiger partial charge >= 0.3 is 12.1 Å². The lowest BCUT2D eigenvalue weighted by molar-refractivity contribution is -0.144. The summed E-state index contributed by atoms with van der Waals surface area (Å²) < 4.78 is 9.82. The minimum Gasteiger partial charge on any atom is -0.468 e. The van der Waals surface area contributed by atoms with Crippen LogP contribution in [0.4, 0.5) is 4.79 Å². The Morgan fingerprint density at radius 3 is 2.48 bits per heavy atom. The molecule has 1 fully saturated rings. The molecule has 1 aromatic carbocycles.